The molecule has 0 aromatic heterocycles. The largest absolute Gasteiger partial charge is 0.325 e. The smallest absolute Gasteiger partial charge is 0.168 e. The van der Waals surface area contributed by atoms with E-state index >= 15 is 0 Å². The zero-order valence-electron chi connectivity index (χ0n) is 26.2. The summed E-state index contributed by atoms with van der Waals surface area (Å²) in [6.07, 6.45) is 2.14. The lowest BCUT2D eigenvalue weighted by atomic mass is 9.77. The first-order valence-electron chi connectivity index (χ1n) is 14.2. The van der Waals surface area contributed by atoms with Crippen LogP contribution in [0.15, 0.2) is 66.2 Å². The van der Waals surface area contributed by atoms with Crippen molar-refractivity contribution in [1.29, 1.82) is 0 Å². The standard InChI is InChI=1S/C37H47NS/c1-34(2,3)27-18-25(19-28(22-27)35(4,5)6)31-14-13-15-32(33(31)38-16-17-39-24-38)26-20-29(36(7,8)9)23-30(21-26)37(10,11)12/h13-23H,1-12H3. The van der Waals surface area contributed by atoms with E-state index in [0.29, 0.717) is 0 Å². The van der Waals surface area contributed by atoms with Crippen LogP contribution < -0.4 is 4.90 Å². The van der Waals surface area contributed by atoms with Gasteiger partial charge in [-0.2, -0.15) is 0 Å². The average Bonchev–Trinajstić information content (AvgIpc) is 3.35. The van der Waals surface area contributed by atoms with Gasteiger partial charge in [-0.05, 0) is 60.4 Å². The fourth-order valence-corrected chi connectivity index (χ4v) is 5.41. The van der Waals surface area contributed by atoms with E-state index in [4.69, 9.17) is 0 Å². The Balaban J connectivity index is 2.06. The van der Waals surface area contributed by atoms with E-state index in [0.717, 1.165) is 0 Å². The molecular formula is C37H47NS. The molecule has 2 radical (unpaired) electrons. The van der Waals surface area contributed by atoms with E-state index < -0.39 is 0 Å². The average molecular weight is 538 g/mol. The lowest BCUT2D eigenvalue weighted by Gasteiger charge is -2.29. The lowest BCUT2D eigenvalue weighted by Crippen LogP contribution is -2.17. The number of nitrogens with zero attached hydrogens (tertiary/aromatic N) is 1. The lowest BCUT2D eigenvalue weighted by molar-refractivity contribution is 0.568. The van der Waals surface area contributed by atoms with Crippen LogP contribution in [0.4, 0.5) is 5.69 Å². The molecule has 0 saturated carbocycles. The zero-order chi connectivity index (χ0) is 29.0. The molecule has 3 aromatic rings. The minimum atomic E-state index is 0.0537. The van der Waals surface area contributed by atoms with Crippen molar-refractivity contribution in [2.24, 2.45) is 0 Å². The van der Waals surface area contributed by atoms with Gasteiger partial charge >= 0.3 is 0 Å². The van der Waals surface area contributed by atoms with Crippen LogP contribution in [0.25, 0.3) is 22.3 Å². The first-order chi connectivity index (χ1) is 17.9. The predicted octanol–water partition coefficient (Wildman–Crippen LogP) is 11.2. The number of benzene rings is 3. The van der Waals surface area contributed by atoms with Crippen LogP contribution in [0.5, 0.6) is 0 Å². The van der Waals surface area contributed by atoms with Gasteiger partial charge in [0.15, 0.2) is 5.88 Å². The third-order valence-electron chi connectivity index (χ3n) is 7.66. The Morgan fingerprint density at radius 3 is 1.18 bits per heavy atom. The molecule has 0 amide bonds. The SMILES string of the molecule is CC(C)(C)c1cc(-c2cccc(-c3cc(C(C)(C)C)cc(C(C)(C)C)c3)c2N2[C]SC=C2)cc(C(C)(C)C)c1. The molecule has 0 spiro atoms. The maximum absolute atomic E-state index is 3.51. The van der Waals surface area contributed by atoms with Crippen LogP contribution >= 0.6 is 11.8 Å². The van der Waals surface area contributed by atoms with Crippen molar-refractivity contribution < 1.29 is 0 Å². The van der Waals surface area contributed by atoms with Gasteiger partial charge in [0.2, 0.25) is 0 Å². The first-order valence-corrected chi connectivity index (χ1v) is 15.1. The van der Waals surface area contributed by atoms with Gasteiger partial charge < -0.3 is 4.90 Å². The minimum Gasteiger partial charge on any atom is -0.325 e. The molecule has 0 unspecified atom stereocenters. The number of para-hydroxylation sites is 1. The quantitative estimate of drug-likeness (QED) is 0.327. The highest BCUT2D eigenvalue weighted by molar-refractivity contribution is 8.04. The Hall–Kier alpha value is -2.45. The molecule has 1 nitrogen and oxygen atoms in total. The van der Waals surface area contributed by atoms with Gasteiger partial charge in [-0.25, -0.2) is 0 Å². The highest BCUT2D eigenvalue weighted by Gasteiger charge is 2.26. The molecule has 0 fully saturated rings. The Bertz CT molecular complexity index is 1220. The van der Waals surface area contributed by atoms with Crippen molar-refractivity contribution in [3.63, 3.8) is 0 Å². The van der Waals surface area contributed by atoms with Crippen molar-refractivity contribution >= 4 is 17.4 Å². The van der Waals surface area contributed by atoms with Gasteiger partial charge in [0.05, 0.1) is 5.69 Å². The highest BCUT2D eigenvalue weighted by Crippen LogP contribution is 2.46. The second-order valence-electron chi connectivity index (χ2n) is 15.2. The third-order valence-corrected chi connectivity index (χ3v) is 8.22. The van der Waals surface area contributed by atoms with Gasteiger partial charge in [0, 0.05) is 17.3 Å². The number of hydrogen-bond donors (Lipinski definition) is 0. The predicted molar refractivity (Wildman–Crippen MR) is 175 cm³/mol. The minimum absolute atomic E-state index is 0.0537. The number of hydrogen-bond acceptors (Lipinski definition) is 2. The Morgan fingerprint density at radius 1 is 0.538 bits per heavy atom. The van der Waals surface area contributed by atoms with Gasteiger partial charge in [0.25, 0.3) is 0 Å². The van der Waals surface area contributed by atoms with Gasteiger partial charge in [0.1, 0.15) is 0 Å². The summed E-state index contributed by atoms with van der Waals surface area (Å²) in [5.41, 5.74) is 11.9. The van der Waals surface area contributed by atoms with Gasteiger partial charge in [-0.3, -0.25) is 0 Å². The van der Waals surface area contributed by atoms with Crippen LogP contribution in [0.1, 0.15) is 105 Å². The van der Waals surface area contributed by atoms with Crippen LogP contribution in [-0.2, 0) is 21.7 Å². The van der Waals surface area contributed by atoms with Crippen molar-refractivity contribution in [3.8, 4) is 22.3 Å². The molecule has 1 heterocycles. The van der Waals surface area contributed by atoms with Crippen LogP contribution in [-0.4, -0.2) is 0 Å². The molecule has 0 atom stereocenters. The first kappa shape index (κ1) is 29.5. The number of rotatable bonds is 3. The van der Waals surface area contributed by atoms with E-state index in [9.17, 15) is 0 Å². The number of anilines is 1. The monoisotopic (exact) mass is 537 g/mol. The second kappa shape index (κ2) is 10.2. The Morgan fingerprint density at radius 2 is 0.897 bits per heavy atom. The molecule has 4 rings (SSSR count). The molecular weight excluding hydrogens is 490 g/mol. The molecule has 0 saturated heterocycles. The Labute approximate surface area is 243 Å². The summed E-state index contributed by atoms with van der Waals surface area (Å²) in [4.78, 5) is 2.19. The van der Waals surface area contributed by atoms with Gasteiger partial charge in [-0.15, -0.1) is 0 Å². The molecule has 0 N–H and O–H groups in total. The molecule has 0 bridgehead atoms. The molecule has 0 aliphatic carbocycles. The van der Waals surface area contributed by atoms with Crippen molar-refractivity contribution in [3.05, 3.63) is 94.3 Å². The zero-order valence-corrected chi connectivity index (χ0v) is 27.0. The fourth-order valence-electron chi connectivity index (χ4n) is 4.90. The molecule has 206 valence electrons. The highest BCUT2D eigenvalue weighted by atomic mass is 32.2. The molecule has 1 aliphatic rings. The normalized spacial score (nSPS) is 14.8. The van der Waals surface area contributed by atoms with Crippen LogP contribution in [0.2, 0.25) is 0 Å². The fraction of sp³-hybridized carbons (Fsp3) is 0.432. The van der Waals surface area contributed by atoms with Crippen LogP contribution in [0.3, 0.4) is 0 Å². The van der Waals surface area contributed by atoms with E-state index in [-0.39, 0.29) is 21.7 Å². The summed E-state index contributed by atoms with van der Waals surface area (Å²) < 4.78 is 0. The van der Waals surface area contributed by atoms with Gasteiger partial charge in [-0.1, -0.05) is 149 Å². The Kier molecular flexibility index (Phi) is 7.71. The van der Waals surface area contributed by atoms with E-state index in [1.54, 1.807) is 11.8 Å². The summed E-state index contributed by atoms with van der Waals surface area (Å²) in [7, 11) is 0. The molecule has 3 aromatic carbocycles. The summed E-state index contributed by atoms with van der Waals surface area (Å²) in [5.74, 6) is 3.51. The summed E-state index contributed by atoms with van der Waals surface area (Å²) in [6, 6.07) is 21.2. The van der Waals surface area contributed by atoms with Crippen LogP contribution in [0, 0.1) is 5.88 Å². The topological polar surface area (TPSA) is 3.24 Å². The van der Waals surface area contributed by atoms with Crippen molar-refractivity contribution in [1.82, 2.24) is 0 Å². The molecule has 2 heteroatoms. The number of thioether (sulfide) groups is 1. The second-order valence-corrected chi connectivity index (χ2v) is 15.9. The van der Waals surface area contributed by atoms with Crippen molar-refractivity contribution in [2.75, 3.05) is 4.90 Å². The molecule has 39 heavy (non-hydrogen) atoms. The maximum Gasteiger partial charge on any atom is 0.168 e. The third kappa shape index (κ3) is 6.49. The maximum atomic E-state index is 3.51. The summed E-state index contributed by atoms with van der Waals surface area (Å²) in [6.45, 7) is 27.7. The molecule has 1 aliphatic heterocycles. The summed E-state index contributed by atoms with van der Waals surface area (Å²) >= 11 is 1.61. The van der Waals surface area contributed by atoms with E-state index in [2.05, 4.69) is 160 Å². The van der Waals surface area contributed by atoms with E-state index in [1.807, 2.05) is 0 Å². The van der Waals surface area contributed by atoms with E-state index in [1.165, 1.54) is 50.2 Å². The summed E-state index contributed by atoms with van der Waals surface area (Å²) in [5, 5.41) is 2.11. The van der Waals surface area contributed by atoms with Crippen molar-refractivity contribution in [2.45, 2.75) is 105 Å².